The molecule has 0 spiro atoms. The zero-order valence-corrected chi connectivity index (χ0v) is 17.5. The van der Waals surface area contributed by atoms with Gasteiger partial charge in [-0.05, 0) is 55.2 Å². The minimum Gasteiger partial charge on any atom is -0.355 e. The Labute approximate surface area is 170 Å². The third-order valence-electron chi connectivity index (χ3n) is 4.02. The molecule has 8 heteroatoms. The predicted molar refractivity (Wildman–Crippen MR) is 111 cm³/mol. The quantitative estimate of drug-likeness (QED) is 0.649. The van der Waals surface area contributed by atoms with Crippen LogP contribution in [0.4, 0.5) is 5.69 Å². The zero-order valence-electron chi connectivity index (χ0n) is 15.2. The van der Waals surface area contributed by atoms with Gasteiger partial charge in [0, 0.05) is 16.6 Å². The Hall–Kier alpha value is -1.76. The van der Waals surface area contributed by atoms with Gasteiger partial charge < -0.3 is 5.32 Å². The van der Waals surface area contributed by atoms with Crippen LogP contribution in [0.5, 0.6) is 0 Å². The monoisotopic (exact) mass is 428 g/mol. The van der Waals surface area contributed by atoms with E-state index in [0.29, 0.717) is 34.3 Å². The van der Waals surface area contributed by atoms with Crippen LogP contribution >= 0.6 is 23.2 Å². The second-order valence-corrected chi connectivity index (χ2v) is 9.00. The molecule has 0 heterocycles. The summed E-state index contributed by atoms with van der Waals surface area (Å²) in [4.78, 5) is 12.3. The summed E-state index contributed by atoms with van der Waals surface area (Å²) in [5.74, 6) is -0.367. The molecule has 5 nitrogen and oxygen atoms in total. The van der Waals surface area contributed by atoms with Crippen LogP contribution in [0.15, 0.2) is 42.5 Å². The first-order valence-electron chi connectivity index (χ1n) is 8.42. The van der Waals surface area contributed by atoms with E-state index in [9.17, 15) is 13.2 Å². The zero-order chi connectivity index (χ0) is 20.0. The molecule has 0 fully saturated rings. The number of hydrogen-bond donors (Lipinski definition) is 1. The van der Waals surface area contributed by atoms with Crippen LogP contribution in [-0.4, -0.2) is 33.7 Å². The number of aryl methyl sites for hydroxylation is 2. The maximum atomic E-state index is 12.3. The number of rotatable bonds is 8. The summed E-state index contributed by atoms with van der Waals surface area (Å²) in [5, 5.41) is 3.97. The van der Waals surface area contributed by atoms with Gasteiger partial charge in [-0.3, -0.25) is 9.10 Å². The fraction of sp³-hybridized carbons (Fsp3) is 0.316. The van der Waals surface area contributed by atoms with Crippen LogP contribution in [0.3, 0.4) is 0 Å². The number of anilines is 1. The lowest BCUT2D eigenvalue weighted by atomic mass is 10.1. The molecule has 0 aliphatic rings. The number of sulfonamides is 1. The van der Waals surface area contributed by atoms with E-state index in [1.807, 2.05) is 24.3 Å². The third-order valence-corrected chi connectivity index (χ3v) is 5.75. The number of amides is 1. The Bertz CT molecular complexity index is 917. The second-order valence-electron chi connectivity index (χ2n) is 6.25. The highest BCUT2D eigenvalue weighted by Crippen LogP contribution is 2.25. The minimum atomic E-state index is -3.62. The lowest BCUT2D eigenvalue weighted by Gasteiger charge is -2.23. The lowest BCUT2D eigenvalue weighted by Crippen LogP contribution is -2.41. The van der Waals surface area contributed by atoms with Crippen LogP contribution < -0.4 is 9.62 Å². The lowest BCUT2D eigenvalue weighted by molar-refractivity contribution is -0.119. The van der Waals surface area contributed by atoms with Crippen molar-refractivity contribution >= 4 is 44.8 Å². The van der Waals surface area contributed by atoms with E-state index in [1.165, 1.54) is 0 Å². The molecule has 0 aliphatic heterocycles. The molecule has 2 aromatic rings. The molecule has 146 valence electrons. The van der Waals surface area contributed by atoms with Crippen LogP contribution in [0.25, 0.3) is 0 Å². The molecule has 2 aromatic carbocycles. The standard InChI is InChI=1S/C19H22Cl2N2O3S/c1-14-12-16(20)9-10-18(14)23(27(2,25)26)13-19(24)22-11-5-7-15-6-3-4-8-17(15)21/h3-4,6,8-10,12H,5,7,11,13H2,1-2H3,(H,22,24). The maximum Gasteiger partial charge on any atom is 0.240 e. The van der Waals surface area contributed by atoms with Crippen molar-refractivity contribution in [1.82, 2.24) is 5.32 Å². The molecule has 27 heavy (non-hydrogen) atoms. The molecule has 2 rings (SSSR count). The molecule has 0 atom stereocenters. The number of nitrogens with one attached hydrogen (secondary N) is 1. The van der Waals surface area contributed by atoms with Crippen LogP contribution in [0.2, 0.25) is 10.0 Å². The molecule has 1 N–H and O–H groups in total. The average Bonchev–Trinajstić information content (AvgIpc) is 2.58. The van der Waals surface area contributed by atoms with Crippen molar-refractivity contribution in [2.45, 2.75) is 19.8 Å². The summed E-state index contributed by atoms with van der Waals surface area (Å²) >= 11 is 12.0. The van der Waals surface area contributed by atoms with Crippen molar-refractivity contribution in [3.8, 4) is 0 Å². The average molecular weight is 429 g/mol. The van der Waals surface area contributed by atoms with Crippen LogP contribution in [0.1, 0.15) is 17.5 Å². The Balaban J connectivity index is 1.95. The second kappa shape index (κ2) is 9.44. The molecular weight excluding hydrogens is 407 g/mol. The molecule has 1 amide bonds. The molecule has 0 radical (unpaired) electrons. The molecule has 0 bridgehead atoms. The van der Waals surface area contributed by atoms with Gasteiger partial charge in [0.05, 0.1) is 11.9 Å². The van der Waals surface area contributed by atoms with Crippen molar-refractivity contribution in [2.24, 2.45) is 0 Å². The van der Waals surface area contributed by atoms with E-state index in [1.54, 1.807) is 25.1 Å². The van der Waals surface area contributed by atoms with E-state index in [0.717, 1.165) is 22.5 Å². The van der Waals surface area contributed by atoms with Gasteiger partial charge in [-0.15, -0.1) is 0 Å². The largest absolute Gasteiger partial charge is 0.355 e. The summed E-state index contributed by atoms with van der Waals surface area (Å²) in [7, 11) is -3.62. The summed E-state index contributed by atoms with van der Waals surface area (Å²) in [6.45, 7) is 1.90. The first kappa shape index (κ1) is 21.5. The Morgan fingerprint density at radius 2 is 1.85 bits per heavy atom. The van der Waals surface area contributed by atoms with Crippen molar-refractivity contribution in [1.29, 1.82) is 0 Å². The van der Waals surface area contributed by atoms with Gasteiger partial charge in [0.25, 0.3) is 0 Å². The Morgan fingerprint density at radius 3 is 2.48 bits per heavy atom. The molecule has 0 saturated carbocycles. The normalized spacial score (nSPS) is 11.3. The summed E-state index contributed by atoms with van der Waals surface area (Å²) in [6, 6.07) is 12.4. The molecular formula is C19H22Cl2N2O3S. The SMILES string of the molecule is Cc1cc(Cl)ccc1N(CC(=O)NCCCc1ccccc1Cl)S(C)(=O)=O. The predicted octanol–water partition coefficient (Wildman–Crippen LogP) is 3.82. The summed E-state index contributed by atoms with van der Waals surface area (Å²) in [5.41, 5.74) is 2.13. The van der Waals surface area contributed by atoms with E-state index < -0.39 is 10.0 Å². The van der Waals surface area contributed by atoms with Gasteiger partial charge in [-0.25, -0.2) is 8.42 Å². The number of hydrogen-bond acceptors (Lipinski definition) is 3. The van der Waals surface area contributed by atoms with Gasteiger partial charge in [0.1, 0.15) is 6.54 Å². The highest BCUT2D eigenvalue weighted by Gasteiger charge is 2.22. The molecule has 0 saturated heterocycles. The van der Waals surface area contributed by atoms with E-state index in [2.05, 4.69) is 5.32 Å². The first-order chi connectivity index (χ1) is 12.7. The Morgan fingerprint density at radius 1 is 1.15 bits per heavy atom. The van der Waals surface area contributed by atoms with Gasteiger partial charge in [0.2, 0.25) is 15.9 Å². The van der Waals surface area contributed by atoms with E-state index in [4.69, 9.17) is 23.2 Å². The highest BCUT2D eigenvalue weighted by atomic mass is 35.5. The summed E-state index contributed by atoms with van der Waals surface area (Å²) < 4.78 is 25.4. The number of nitrogens with zero attached hydrogens (tertiary/aromatic N) is 1. The van der Waals surface area contributed by atoms with E-state index in [-0.39, 0.29) is 12.5 Å². The van der Waals surface area contributed by atoms with E-state index >= 15 is 0 Å². The van der Waals surface area contributed by atoms with Gasteiger partial charge >= 0.3 is 0 Å². The summed E-state index contributed by atoms with van der Waals surface area (Å²) in [6.07, 6.45) is 2.51. The third kappa shape index (κ3) is 6.41. The Kier molecular flexibility index (Phi) is 7.53. The minimum absolute atomic E-state index is 0.284. The molecule has 0 aliphatic carbocycles. The number of carbonyl (C=O) groups is 1. The van der Waals surface area contributed by atoms with Crippen LogP contribution in [-0.2, 0) is 21.2 Å². The van der Waals surface area contributed by atoms with Gasteiger partial charge in [0.15, 0.2) is 0 Å². The fourth-order valence-electron chi connectivity index (χ4n) is 2.67. The van der Waals surface area contributed by atoms with Gasteiger partial charge in [-0.1, -0.05) is 41.4 Å². The fourth-order valence-corrected chi connectivity index (χ4v) is 4.04. The van der Waals surface area contributed by atoms with Crippen molar-refractivity contribution in [2.75, 3.05) is 23.7 Å². The van der Waals surface area contributed by atoms with Crippen molar-refractivity contribution < 1.29 is 13.2 Å². The topological polar surface area (TPSA) is 66.5 Å². The van der Waals surface area contributed by atoms with Gasteiger partial charge in [-0.2, -0.15) is 0 Å². The van der Waals surface area contributed by atoms with Crippen molar-refractivity contribution in [3.63, 3.8) is 0 Å². The smallest absolute Gasteiger partial charge is 0.240 e. The molecule has 0 unspecified atom stereocenters. The van der Waals surface area contributed by atoms with Crippen molar-refractivity contribution in [3.05, 3.63) is 63.6 Å². The highest BCUT2D eigenvalue weighted by molar-refractivity contribution is 7.92. The molecule has 0 aromatic heterocycles. The number of halogens is 2. The van der Waals surface area contributed by atoms with Crippen LogP contribution in [0, 0.1) is 6.92 Å². The number of carbonyl (C=O) groups excluding carboxylic acids is 1. The number of benzene rings is 2. The first-order valence-corrected chi connectivity index (χ1v) is 11.0. The maximum absolute atomic E-state index is 12.3.